The van der Waals surface area contributed by atoms with Gasteiger partial charge in [-0.25, -0.2) is 0 Å². The first-order valence-electron chi connectivity index (χ1n) is 7.61. The van der Waals surface area contributed by atoms with Crippen molar-refractivity contribution in [3.8, 4) is 0 Å². The van der Waals surface area contributed by atoms with Crippen LogP contribution in [0.15, 0.2) is 18.2 Å². The molecule has 1 fully saturated rings. The van der Waals surface area contributed by atoms with E-state index >= 15 is 0 Å². The van der Waals surface area contributed by atoms with E-state index in [9.17, 15) is 4.79 Å². The van der Waals surface area contributed by atoms with E-state index < -0.39 is 0 Å². The van der Waals surface area contributed by atoms with Gasteiger partial charge in [0.1, 0.15) is 4.88 Å². The fraction of sp³-hybridized carbons (Fsp3) is 0.438. The molecule has 1 aliphatic heterocycles. The predicted octanol–water partition coefficient (Wildman–Crippen LogP) is 3.66. The lowest BCUT2D eigenvalue weighted by atomic mass is 10.2. The van der Waals surface area contributed by atoms with Crippen molar-refractivity contribution in [3.63, 3.8) is 0 Å². The van der Waals surface area contributed by atoms with E-state index in [2.05, 4.69) is 10.2 Å². The lowest BCUT2D eigenvalue weighted by molar-refractivity contribution is 0.0374. The summed E-state index contributed by atoms with van der Waals surface area (Å²) in [7, 11) is 0. The van der Waals surface area contributed by atoms with Crippen molar-refractivity contribution in [2.24, 2.45) is 0 Å². The lowest BCUT2D eigenvalue weighted by Crippen LogP contribution is -2.38. The zero-order valence-electron chi connectivity index (χ0n) is 12.6. The second kappa shape index (κ2) is 7.81. The molecule has 0 bridgehead atoms. The molecule has 4 nitrogen and oxygen atoms in total. The highest BCUT2D eigenvalue weighted by Gasteiger charge is 2.18. The van der Waals surface area contributed by atoms with Gasteiger partial charge in [-0.05, 0) is 25.1 Å². The highest BCUT2D eigenvalue weighted by molar-refractivity contribution is 7.21. The summed E-state index contributed by atoms with van der Waals surface area (Å²) >= 11 is 13.9. The standard InChI is InChI=1S/C16H18Cl2N2O2S/c17-11-3-1-4-12-13(11)14(18)15(23-12)16(21)19-5-2-6-20-7-9-22-10-8-20/h1,3-4H,2,5-10H2,(H,19,21). The van der Waals surface area contributed by atoms with Crippen molar-refractivity contribution in [2.75, 3.05) is 39.4 Å². The second-order valence-electron chi connectivity index (χ2n) is 5.42. The molecular weight excluding hydrogens is 355 g/mol. The number of thiophene rings is 1. The average Bonchev–Trinajstić information content (AvgIpc) is 2.91. The summed E-state index contributed by atoms with van der Waals surface area (Å²) in [5.41, 5.74) is 0. The van der Waals surface area contributed by atoms with Crippen molar-refractivity contribution in [1.29, 1.82) is 0 Å². The van der Waals surface area contributed by atoms with Gasteiger partial charge >= 0.3 is 0 Å². The molecule has 1 saturated heterocycles. The molecule has 124 valence electrons. The molecule has 1 N–H and O–H groups in total. The summed E-state index contributed by atoms with van der Waals surface area (Å²) < 4.78 is 6.25. The molecule has 23 heavy (non-hydrogen) atoms. The number of hydrogen-bond donors (Lipinski definition) is 1. The Morgan fingerprint density at radius 1 is 1.30 bits per heavy atom. The quantitative estimate of drug-likeness (QED) is 0.814. The van der Waals surface area contributed by atoms with Crippen molar-refractivity contribution >= 4 is 50.5 Å². The minimum absolute atomic E-state index is 0.130. The Morgan fingerprint density at radius 3 is 2.83 bits per heavy atom. The van der Waals surface area contributed by atoms with Gasteiger partial charge in [0.2, 0.25) is 0 Å². The number of nitrogens with one attached hydrogen (secondary N) is 1. The van der Waals surface area contributed by atoms with Crippen LogP contribution in [0.2, 0.25) is 10.0 Å². The van der Waals surface area contributed by atoms with Gasteiger partial charge in [0.15, 0.2) is 0 Å². The topological polar surface area (TPSA) is 41.6 Å². The summed E-state index contributed by atoms with van der Waals surface area (Å²) in [4.78, 5) is 15.2. The van der Waals surface area contributed by atoms with E-state index in [1.54, 1.807) is 6.07 Å². The van der Waals surface area contributed by atoms with E-state index in [0.717, 1.165) is 49.4 Å². The van der Waals surface area contributed by atoms with Gasteiger partial charge in [-0.1, -0.05) is 29.3 Å². The SMILES string of the molecule is O=C(NCCCN1CCOCC1)c1sc2cccc(Cl)c2c1Cl. The van der Waals surface area contributed by atoms with E-state index in [4.69, 9.17) is 27.9 Å². The van der Waals surface area contributed by atoms with Crippen LogP contribution in [0.4, 0.5) is 0 Å². The summed E-state index contributed by atoms with van der Waals surface area (Å²) in [5, 5.41) is 4.73. The maximum atomic E-state index is 12.3. The third kappa shape index (κ3) is 3.98. The number of carbonyl (C=O) groups excluding carboxylic acids is 1. The third-order valence-electron chi connectivity index (χ3n) is 3.85. The number of fused-ring (bicyclic) bond motifs is 1. The number of hydrogen-bond acceptors (Lipinski definition) is 4. The summed E-state index contributed by atoms with van der Waals surface area (Å²) in [6, 6.07) is 5.57. The van der Waals surface area contributed by atoms with Gasteiger partial charge < -0.3 is 10.1 Å². The van der Waals surface area contributed by atoms with Crippen molar-refractivity contribution in [3.05, 3.63) is 33.1 Å². The highest BCUT2D eigenvalue weighted by Crippen LogP contribution is 2.39. The van der Waals surface area contributed by atoms with Gasteiger partial charge in [0, 0.05) is 29.7 Å². The van der Waals surface area contributed by atoms with Crippen LogP contribution in [0.3, 0.4) is 0 Å². The number of rotatable bonds is 5. The largest absolute Gasteiger partial charge is 0.379 e. The van der Waals surface area contributed by atoms with E-state index in [1.165, 1.54) is 11.3 Å². The molecule has 7 heteroatoms. The van der Waals surface area contributed by atoms with Crippen LogP contribution in [-0.4, -0.2) is 50.2 Å². The first-order valence-corrected chi connectivity index (χ1v) is 9.19. The molecule has 0 spiro atoms. The van der Waals surface area contributed by atoms with Gasteiger partial charge in [0.05, 0.1) is 23.3 Å². The number of ether oxygens (including phenoxy) is 1. The zero-order valence-corrected chi connectivity index (χ0v) is 14.9. The second-order valence-corrected chi connectivity index (χ2v) is 7.26. The molecule has 1 aliphatic rings. The number of nitrogens with zero attached hydrogens (tertiary/aromatic N) is 1. The van der Waals surface area contributed by atoms with Crippen LogP contribution >= 0.6 is 34.5 Å². The molecule has 0 radical (unpaired) electrons. The lowest BCUT2D eigenvalue weighted by Gasteiger charge is -2.26. The molecule has 0 unspecified atom stereocenters. The third-order valence-corrected chi connectivity index (χ3v) is 5.81. The Labute approximate surface area is 149 Å². The van der Waals surface area contributed by atoms with Gasteiger partial charge in [0.25, 0.3) is 5.91 Å². The minimum atomic E-state index is -0.130. The highest BCUT2D eigenvalue weighted by atomic mass is 35.5. The number of halogens is 2. The van der Waals surface area contributed by atoms with Gasteiger partial charge in [-0.3, -0.25) is 9.69 Å². The zero-order chi connectivity index (χ0) is 16.2. The summed E-state index contributed by atoms with van der Waals surface area (Å²) in [6.07, 6.45) is 0.912. The monoisotopic (exact) mass is 372 g/mol. The van der Waals surface area contributed by atoms with Crippen molar-refractivity contribution in [1.82, 2.24) is 10.2 Å². The van der Waals surface area contributed by atoms with Crippen LogP contribution in [0.25, 0.3) is 10.1 Å². The predicted molar refractivity (Wildman–Crippen MR) is 96.1 cm³/mol. The first kappa shape index (κ1) is 17.0. The number of amides is 1. The maximum absolute atomic E-state index is 12.3. The Balaban J connectivity index is 1.56. The van der Waals surface area contributed by atoms with E-state index in [0.29, 0.717) is 21.5 Å². The molecule has 1 amide bonds. The fourth-order valence-electron chi connectivity index (χ4n) is 2.63. The van der Waals surface area contributed by atoms with Crippen LogP contribution in [0.1, 0.15) is 16.1 Å². The van der Waals surface area contributed by atoms with Crippen LogP contribution in [0, 0.1) is 0 Å². The van der Waals surface area contributed by atoms with E-state index in [1.807, 2.05) is 12.1 Å². The summed E-state index contributed by atoms with van der Waals surface area (Å²) in [6.45, 7) is 5.13. The van der Waals surface area contributed by atoms with Gasteiger partial charge in [-0.15, -0.1) is 11.3 Å². The minimum Gasteiger partial charge on any atom is -0.379 e. The molecule has 0 atom stereocenters. The van der Waals surface area contributed by atoms with Crippen LogP contribution < -0.4 is 5.32 Å². The first-order chi connectivity index (χ1) is 11.2. The molecule has 1 aromatic carbocycles. The molecule has 3 rings (SSSR count). The molecular formula is C16H18Cl2N2O2S. The van der Waals surface area contributed by atoms with Crippen LogP contribution in [-0.2, 0) is 4.74 Å². The molecule has 2 aromatic rings. The van der Waals surface area contributed by atoms with Crippen molar-refractivity contribution < 1.29 is 9.53 Å². The van der Waals surface area contributed by atoms with Crippen molar-refractivity contribution in [2.45, 2.75) is 6.42 Å². The van der Waals surface area contributed by atoms with Gasteiger partial charge in [-0.2, -0.15) is 0 Å². The average molecular weight is 373 g/mol. The van der Waals surface area contributed by atoms with E-state index in [-0.39, 0.29) is 5.91 Å². The van der Waals surface area contributed by atoms with Crippen LogP contribution in [0.5, 0.6) is 0 Å². The molecule has 2 heterocycles. The molecule has 1 aromatic heterocycles. The Hall–Kier alpha value is -0.850. The maximum Gasteiger partial charge on any atom is 0.262 e. The number of benzene rings is 1. The normalized spacial score (nSPS) is 15.9. The Bertz CT molecular complexity index is 699. The molecule has 0 saturated carbocycles. The molecule has 0 aliphatic carbocycles. The fourth-order valence-corrected chi connectivity index (χ4v) is 4.50. The summed E-state index contributed by atoms with van der Waals surface area (Å²) in [5.74, 6) is -0.130. The smallest absolute Gasteiger partial charge is 0.262 e. The Morgan fingerprint density at radius 2 is 2.09 bits per heavy atom. The Kier molecular flexibility index (Phi) is 5.77. The number of morpholine rings is 1. The number of carbonyl (C=O) groups is 1.